The summed E-state index contributed by atoms with van der Waals surface area (Å²) >= 11 is 1.44. The topological polar surface area (TPSA) is 92.8 Å². The van der Waals surface area contributed by atoms with Gasteiger partial charge in [0.2, 0.25) is 15.9 Å². The Morgan fingerprint density at radius 3 is 2.66 bits per heavy atom. The quantitative estimate of drug-likeness (QED) is 0.665. The number of nitrogens with one attached hydrogen (secondary N) is 1. The Labute approximate surface area is 192 Å². The van der Waals surface area contributed by atoms with Crippen molar-refractivity contribution < 1.29 is 22.7 Å². The second-order valence-electron chi connectivity index (χ2n) is 8.55. The Bertz CT molecular complexity index is 1110. The van der Waals surface area contributed by atoms with Crippen molar-refractivity contribution in [2.75, 3.05) is 25.5 Å². The Kier molecular flexibility index (Phi) is 6.69. The standard InChI is InChI=1S/C23H28N2O5S2/c1-15-10-11-18-19(13-15)31-22(20(18)23(27)30-2)24-21(26)16-7-6-12-25(14-16)32(28,29)17-8-4-3-5-9-17/h3-5,8-9,15-16H,6-7,10-14H2,1-2H3,(H,24,26). The molecule has 0 bridgehead atoms. The summed E-state index contributed by atoms with van der Waals surface area (Å²) in [6.45, 7) is 2.70. The molecule has 172 valence electrons. The van der Waals surface area contributed by atoms with Crippen molar-refractivity contribution >= 4 is 38.2 Å². The first-order chi connectivity index (χ1) is 15.3. The molecule has 9 heteroatoms. The van der Waals surface area contributed by atoms with Crippen LogP contribution in [-0.2, 0) is 32.4 Å². The minimum Gasteiger partial charge on any atom is -0.465 e. The minimum absolute atomic E-state index is 0.124. The van der Waals surface area contributed by atoms with Crippen molar-refractivity contribution in [2.24, 2.45) is 11.8 Å². The van der Waals surface area contributed by atoms with Crippen molar-refractivity contribution in [1.29, 1.82) is 0 Å². The highest BCUT2D eigenvalue weighted by atomic mass is 32.2. The SMILES string of the molecule is COC(=O)c1c(NC(=O)C2CCCN(S(=O)(=O)c3ccccc3)C2)sc2c1CCC(C)C2. The molecule has 32 heavy (non-hydrogen) atoms. The summed E-state index contributed by atoms with van der Waals surface area (Å²) in [7, 11) is -2.31. The zero-order valence-corrected chi connectivity index (χ0v) is 19.9. The largest absolute Gasteiger partial charge is 0.465 e. The number of amides is 1. The van der Waals surface area contributed by atoms with E-state index < -0.39 is 21.9 Å². The molecule has 7 nitrogen and oxygen atoms in total. The lowest BCUT2D eigenvalue weighted by Crippen LogP contribution is -2.43. The van der Waals surface area contributed by atoms with Crippen LogP contribution < -0.4 is 5.32 Å². The minimum atomic E-state index is -3.65. The molecular formula is C23H28N2O5S2. The molecule has 2 heterocycles. The van der Waals surface area contributed by atoms with E-state index in [0.29, 0.717) is 35.9 Å². The van der Waals surface area contributed by atoms with Gasteiger partial charge in [0.25, 0.3) is 0 Å². The van der Waals surface area contributed by atoms with E-state index in [4.69, 9.17) is 4.74 Å². The predicted octanol–water partition coefficient (Wildman–Crippen LogP) is 3.70. The number of sulfonamides is 1. The van der Waals surface area contributed by atoms with Crippen LogP contribution >= 0.6 is 11.3 Å². The lowest BCUT2D eigenvalue weighted by molar-refractivity contribution is -0.120. The zero-order valence-electron chi connectivity index (χ0n) is 18.3. The zero-order chi connectivity index (χ0) is 22.9. The monoisotopic (exact) mass is 476 g/mol. The van der Waals surface area contributed by atoms with Crippen molar-refractivity contribution in [3.05, 3.63) is 46.3 Å². The van der Waals surface area contributed by atoms with E-state index in [1.807, 2.05) is 0 Å². The predicted molar refractivity (Wildman–Crippen MR) is 123 cm³/mol. The second kappa shape index (κ2) is 9.33. The molecule has 1 aromatic heterocycles. The number of methoxy groups -OCH3 is 1. The smallest absolute Gasteiger partial charge is 0.341 e. The van der Waals surface area contributed by atoms with E-state index in [0.717, 1.165) is 29.7 Å². The fourth-order valence-electron chi connectivity index (χ4n) is 4.49. The van der Waals surface area contributed by atoms with Gasteiger partial charge in [-0.2, -0.15) is 4.31 Å². The lowest BCUT2D eigenvalue weighted by atomic mass is 9.88. The van der Waals surface area contributed by atoms with E-state index in [-0.39, 0.29) is 17.3 Å². The van der Waals surface area contributed by atoms with Gasteiger partial charge in [-0.3, -0.25) is 4.79 Å². The Morgan fingerprint density at radius 1 is 1.19 bits per heavy atom. The van der Waals surface area contributed by atoms with Gasteiger partial charge in [0, 0.05) is 18.0 Å². The van der Waals surface area contributed by atoms with Gasteiger partial charge in [-0.1, -0.05) is 25.1 Å². The van der Waals surface area contributed by atoms with Crippen LogP contribution in [0.5, 0.6) is 0 Å². The molecule has 0 spiro atoms. The maximum Gasteiger partial charge on any atom is 0.341 e. The molecule has 1 N–H and O–H groups in total. The molecule has 2 atom stereocenters. The fourth-order valence-corrected chi connectivity index (χ4v) is 7.43. The van der Waals surface area contributed by atoms with Gasteiger partial charge in [0.1, 0.15) is 5.00 Å². The highest BCUT2D eigenvalue weighted by Gasteiger charge is 2.35. The van der Waals surface area contributed by atoms with Crippen molar-refractivity contribution in [3.63, 3.8) is 0 Å². The van der Waals surface area contributed by atoms with Gasteiger partial charge in [-0.15, -0.1) is 11.3 Å². The molecule has 0 saturated carbocycles. The summed E-state index contributed by atoms with van der Waals surface area (Å²) in [5.74, 6) is -0.643. The number of carbonyl (C=O) groups is 2. The van der Waals surface area contributed by atoms with E-state index in [2.05, 4.69) is 12.2 Å². The molecule has 1 aliphatic heterocycles. The highest BCUT2D eigenvalue weighted by molar-refractivity contribution is 7.89. The van der Waals surface area contributed by atoms with Gasteiger partial charge in [-0.05, 0) is 55.7 Å². The van der Waals surface area contributed by atoms with E-state index in [1.165, 1.54) is 22.8 Å². The number of nitrogens with zero attached hydrogens (tertiary/aromatic N) is 1. The Morgan fingerprint density at radius 2 is 1.94 bits per heavy atom. The van der Waals surface area contributed by atoms with Crippen LogP contribution in [0.3, 0.4) is 0 Å². The third-order valence-corrected chi connectivity index (χ3v) is 9.32. The third-order valence-electron chi connectivity index (χ3n) is 6.27. The van der Waals surface area contributed by atoms with Gasteiger partial charge < -0.3 is 10.1 Å². The second-order valence-corrected chi connectivity index (χ2v) is 11.6. The van der Waals surface area contributed by atoms with Crippen molar-refractivity contribution in [3.8, 4) is 0 Å². The molecular weight excluding hydrogens is 448 g/mol. The number of ether oxygens (including phenoxy) is 1. The Hall–Kier alpha value is -2.23. The van der Waals surface area contributed by atoms with E-state index in [9.17, 15) is 18.0 Å². The number of thiophene rings is 1. The fraction of sp³-hybridized carbons (Fsp3) is 0.478. The normalized spacial score (nSPS) is 21.6. The Balaban J connectivity index is 1.54. The van der Waals surface area contributed by atoms with Crippen LogP contribution in [-0.4, -0.2) is 44.8 Å². The number of esters is 1. The molecule has 1 aliphatic carbocycles. The van der Waals surface area contributed by atoms with Crippen molar-refractivity contribution in [2.45, 2.75) is 43.9 Å². The van der Waals surface area contributed by atoms with E-state index >= 15 is 0 Å². The summed E-state index contributed by atoms with van der Waals surface area (Å²) in [6, 6.07) is 8.28. The van der Waals surface area contributed by atoms with Crippen LogP contribution in [0.25, 0.3) is 0 Å². The first kappa shape index (κ1) is 22.9. The van der Waals surface area contributed by atoms with Gasteiger partial charge in [0.05, 0.1) is 23.5 Å². The number of hydrogen-bond donors (Lipinski definition) is 1. The summed E-state index contributed by atoms with van der Waals surface area (Å²) < 4.78 is 32.4. The number of benzene rings is 1. The summed E-state index contributed by atoms with van der Waals surface area (Å²) in [4.78, 5) is 27.0. The molecule has 2 aromatic rings. The molecule has 1 fully saturated rings. The average molecular weight is 477 g/mol. The number of anilines is 1. The molecule has 1 saturated heterocycles. The molecule has 2 unspecified atom stereocenters. The maximum atomic E-state index is 13.1. The average Bonchev–Trinajstić information content (AvgIpc) is 3.15. The van der Waals surface area contributed by atoms with E-state index in [1.54, 1.807) is 30.3 Å². The summed E-state index contributed by atoms with van der Waals surface area (Å²) in [5, 5.41) is 3.45. The first-order valence-electron chi connectivity index (χ1n) is 10.9. The van der Waals surface area contributed by atoms with Crippen LogP contribution in [0.4, 0.5) is 5.00 Å². The van der Waals surface area contributed by atoms with Crippen molar-refractivity contribution in [1.82, 2.24) is 4.31 Å². The molecule has 4 rings (SSSR count). The number of piperidine rings is 1. The van der Waals surface area contributed by atoms with Crippen LogP contribution in [0.1, 0.15) is 47.0 Å². The molecule has 1 amide bonds. The maximum absolute atomic E-state index is 13.1. The van der Waals surface area contributed by atoms with Gasteiger partial charge >= 0.3 is 5.97 Å². The first-order valence-corrected chi connectivity index (χ1v) is 13.2. The van der Waals surface area contributed by atoms with Crippen LogP contribution in [0.15, 0.2) is 35.2 Å². The van der Waals surface area contributed by atoms with Crippen LogP contribution in [0, 0.1) is 11.8 Å². The highest BCUT2D eigenvalue weighted by Crippen LogP contribution is 2.40. The number of fused-ring (bicyclic) bond motifs is 1. The number of rotatable bonds is 5. The summed E-state index contributed by atoms with van der Waals surface area (Å²) in [6.07, 6.45) is 3.87. The lowest BCUT2D eigenvalue weighted by Gasteiger charge is -2.31. The van der Waals surface area contributed by atoms with Crippen LogP contribution in [0.2, 0.25) is 0 Å². The molecule has 0 radical (unpaired) electrons. The molecule has 2 aliphatic rings. The third kappa shape index (κ3) is 4.46. The molecule has 1 aromatic carbocycles. The van der Waals surface area contributed by atoms with Gasteiger partial charge in [0.15, 0.2) is 0 Å². The number of hydrogen-bond acceptors (Lipinski definition) is 6. The number of carbonyl (C=O) groups excluding carboxylic acids is 2. The van der Waals surface area contributed by atoms with Gasteiger partial charge in [-0.25, -0.2) is 13.2 Å². The summed E-state index contributed by atoms with van der Waals surface area (Å²) in [5.41, 5.74) is 1.43.